The van der Waals surface area contributed by atoms with Gasteiger partial charge in [-0.3, -0.25) is 14.7 Å². The highest BCUT2D eigenvalue weighted by Gasteiger charge is 2.03. The lowest BCUT2D eigenvalue weighted by Crippen LogP contribution is -2.26. The van der Waals surface area contributed by atoms with Crippen LogP contribution in [0.25, 0.3) is 0 Å². The van der Waals surface area contributed by atoms with Crippen LogP contribution in [-0.4, -0.2) is 33.7 Å². The van der Waals surface area contributed by atoms with Crippen LogP contribution in [0.5, 0.6) is 0 Å². The first-order chi connectivity index (χ1) is 7.18. The first kappa shape index (κ1) is 11.2. The number of H-pyrrole nitrogens is 1. The van der Waals surface area contributed by atoms with Crippen LogP contribution in [0.2, 0.25) is 0 Å². The molecule has 82 valence electrons. The molecule has 0 saturated heterocycles. The molecule has 0 atom stereocenters. The monoisotopic (exact) mass is 211 g/mol. The molecule has 0 radical (unpaired) electrons. The smallest absolute Gasteiger partial charge is 0.303 e. The first-order valence-electron chi connectivity index (χ1n) is 4.65. The van der Waals surface area contributed by atoms with Gasteiger partial charge in [0.1, 0.15) is 0 Å². The van der Waals surface area contributed by atoms with Crippen LogP contribution in [0, 0.1) is 0 Å². The van der Waals surface area contributed by atoms with Crippen LogP contribution in [0.1, 0.15) is 18.5 Å². The normalized spacial score (nSPS) is 9.87. The zero-order chi connectivity index (χ0) is 11.1. The fourth-order valence-corrected chi connectivity index (χ4v) is 1.09. The van der Waals surface area contributed by atoms with Crippen molar-refractivity contribution in [2.75, 3.05) is 6.54 Å². The fraction of sp³-hybridized carbons (Fsp3) is 0.444. The molecule has 0 fully saturated rings. The van der Waals surface area contributed by atoms with E-state index in [0.717, 1.165) is 5.69 Å². The van der Waals surface area contributed by atoms with Gasteiger partial charge in [0.2, 0.25) is 5.91 Å². The molecule has 1 aromatic heterocycles. The van der Waals surface area contributed by atoms with E-state index in [4.69, 9.17) is 5.11 Å². The molecule has 0 aliphatic carbocycles. The molecule has 0 aromatic carbocycles. The standard InChI is InChI=1S/C9H13N3O3/c13-8(6-7-3-5-11-12-7)10-4-1-2-9(14)15/h3,5H,1-2,4,6H2,(H,10,13)(H,11,12)(H,14,15). The Morgan fingerprint density at radius 1 is 1.53 bits per heavy atom. The van der Waals surface area contributed by atoms with Crippen molar-refractivity contribution < 1.29 is 14.7 Å². The van der Waals surface area contributed by atoms with E-state index in [9.17, 15) is 9.59 Å². The third-order valence-corrected chi connectivity index (χ3v) is 1.80. The Hall–Kier alpha value is -1.85. The van der Waals surface area contributed by atoms with Gasteiger partial charge in [-0.2, -0.15) is 5.10 Å². The van der Waals surface area contributed by atoms with Crippen LogP contribution in [0.15, 0.2) is 12.3 Å². The van der Waals surface area contributed by atoms with Crippen LogP contribution in [0.4, 0.5) is 0 Å². The number of carbonyl (C=O) groups is 2. The Labute approximate surface area is 86.7 Å². The highest BCUT2D eigenvalue weighted by atomic mass is 16.4. The van der Waals surface area contributed by atoms with Gasteiger partial charge in [-0.05, 0) is 12.5 Å². The number of hydrogen-bond acceptors (Lipinski definition) is 3. The highest BCUT2D eigenvalue weighted by molar-refractivity contribution is 5.78. The molecule has 6 heteroatoms. The minimum atomic E-state index is -0.849. The van der Waals surface area contributed by atoms with Crippen molar-refractivity contribution in [3.8, 4) is 0 Å². The summed E-state index contributed by atoms with van der Waals surface area (Å²) in [4.78, 5) is 21.4. The third-order valence-electron chi connectivity index (χ3n) is 1.80. The van der Waals surface area contributed by atoms with E-state index in [0.29, 0.717) is 13.0 Å². The number of carboxylic acid groups (broad SMARTS) is 1. The molecule has 0 unspecified atom stereocenters. The van der Waals surface area contributed by atoms with Gasteiger partial charge in [-0.25, -0.2) is 0 Å². The van der Waals surface area contributed by atoms with Gasteiger partial charge in [0, 0.05) is 24.9 Å². The van der Waals surface area contributed by atoms with Crippen LogP contribution in [0.3, 0.4) is 0 Å². The van der Waals surface area contributed by atoms with Gasteiger partial charge in [-0.15, -0.1) is 0 Å². The van der Waals surface area contributed by atoms with E-state index in [1.807, 2.05) is 0 Å². The zero-order valence-electron chi connectivity index (χ0n) is 8.19. The second kappa shape index (κ2) is 5.79. The SMILES string of the molecule is O=C(O)CCCNC(=O)Cc1ccn[nH]1. The second-order valence-corrected chi connectivity index (χ2v) is 3.11. The quantitative estimate of drug-likeness (QED) is 0.574. The molecular weight excluding hydrogens is 198 g/mol. The Kier molecular flexibility index (Phi) is 4.33. The predicted octanol–water partition coefficient (Wildman–Crippen LogP) is -0.0668. The molecule has 3 N–H and O–H groups in total. The molecule has 6 nitrogen and oxygen atoms in total. The van der Waals surface area contributed by atoms with Crippen molar-refractivity contribution in [3.05, 3.63) is 18.0 Å². The molecule has 0 aliphatic rings. The van der Waals surface area contributed by atoms with Crippen molar-refractivity contribution in [2.45, 2.75) is 19.3 Å². The number of nitrogens with one attached hydrogen (secondary N) is 2. The molecule has 1 aromatic rings. The van der Waals surface area contributed by atoms with E-state index in [1.54, 1.807) is 12.3 Å². The number of rotatable bonds is 6. The van der Waals surface area contributed by atoms with E-state index in [2.05, 4.69) is 15.5 Å². The summed E-state index contributed by atoms with van der Waals surface area (Å²) in [5.41, 5.74) is 0.741. The number of aromatic nitrogens is 2. The van der Waals surface area contributed by atoms with Gasteiger partial charge >= 0.3 is 5.97 Å². The van der Waals surface area contributed by atoms with E-state index in [1.165, 1.54) is 0 Å². The Morgan fingerprint density at radius 3 is 2.93 bits per heavy atom. The summed E-state index contributed by atoms with van der Waals surface area (Å²) < 4.78 is 0. The minimum absolute atomic E-state index is 0.0737. The summed E-state index contributed by atoms with van der Waals surface area (Å²) in [5.74, 6) is -0.984. The predicted molar refractivity (Wildman–Crippen MR) is 52.2 cm³/mol. The second-order valence-electron chi connectivity index (χ2n) is 3.11. The number of amides is 1. The lowest BCUT2D eigenvalue weighted by Gasteiger charge is -2.02. The zero-order valence-corrected chi connectivity index (χ0v) is 8.19. The van der Waals surface area contributed by atoms with Crippen LogP contribution in [-0.2, 0) is 16.0 Å². The van der Waals surface area contributed by atoms with Crippen molar-refractivity contribution in [3.63, 3.8) is 0 Å². The number of hydrogen-bond donors (Lipinski definition) is 3. The number of aromatic amines is 1. The molecule has 1 rings (SSSR count). The van der Waals surface area contributed by atoms with Crippen molar-refractivity contribution in [2.24, 2.45) is 0 Å². The molecule has 0 bridgehead atoms. The molecule has 0 saturated carbocycles. The molecule has 1 heterocycles. The van der Waals surface area contributed by atoms with Gasteiger partial charge in [-0.1, -0.05) is 0 Å². The van der Waals surface area contributed by atoms with Crippen LogP contribution < -0.4 is 5.32 Å². The topological polar surface area (TPSA) is 95.1 Å². The summed E-state index contributed by atoms with van der Waals surface area (Å²) in [6.45, 7) is 0.388. The Balaban J connectivity index is 2.11. The maximum Gasteiger partial charge on any atom is 0.303 e. The average Bonchev–Trinajstić information content (AvgIpc) is 2.64. The molecule has 0 spiro atoms. The lowest BCUT2D eigenvalue weighted by atomic mass is 10.3. The van der Waals surface area contributed by atoms with E-state index < -0.39 is 5.97 Å². The third kappa shape index (κ3) is 4.80. The molecular formula is C9H13N3O3. The summed E-state index contributed by atoms with van der Waals surface area (Å²) in [6, 6.07) is 1.72. The number of carbonyl (C=O) groups excluding carboxylic acids is 1. The van der Waals surface area contributed by atoms with Gasteiger partial charge < -0.3 is 10.4 Å². The van der Waals surface area contributed by atoms with Crippen LogP contribution >= 0.6 is 0 Å². The number of carboxylic acids is 1. The molecule has 15 heavy (non-hydrogen) atoms. The molecule has 0 aliphatic heterocycles. The number of nitrogens with zero attached hydrogens (tertiary/aromatic N) is 1. The Bertz CT molecular complexity index is 321. The van der Waals surface area contributed by atoms with Gasteiger partial charge in [0.05, 0.1) is 6.42 Å². The Morgan fingerprint density at radius 2 is 2.33 bits per heavy atom. The van der Waals surface area contributed by atoms with Crippen molar-refractivity contribution in [1.82, 2.24) is 15.5 Å². The maximum absolute atomic E-state index is 11.2. The average molecular weight is 211 g/mol. The van der Waals surface area contributed by atoms with Gasteiger partial charge in [0.25, 0.3) is 0 Å². The van der Waals surface area contributed by atoms with Crippen molar-refractivity contribution in [1.29, 1.82) is 0 Å². The summed E-state index contributed by atoms with van der Waals surface area (Å²) in [7, 11) is 0. The summed E-state index contributed by atoms with van der Waals surface area (Å²) in [5, 5.41) is 17.4. The van der Waals surface area contributed by atoms with Gasteiger partial charge in [0.15, 0.2) is 0 Å². The van der Waals surface area contributed by atoms with E-state index >= 15 is 0 Å². The number of aliphatic carboxylic acids is 1. The maximum atomic E-state index is 11.2. The summed E-state index contributed by atoms with van der Waals surface area (Å²) >= 11 is 0. The van der Waals surface area contributed by atoms with E-state index in [-0.39, 0.29) is 18.7 Å². The largest absolute Gasteiger partial charge is 0.481 e. The molecule has 1 amide bonds. The minimum Gasteiger partial charge on any atom is -0.481 e. The highest BCUT2D eigenvalue weighted by Crippen LogP contribution is 1.93. The lowest BCUT2D eigenvalue weighted by molar-refractivity contribution is -0.137. The fourth-order valence-electron chi connectivity index (χ4n) is 1.09. The first-order valence-corrected chi connectivity index (χ1v) is 4.65. The summed E-state index contributed by atoms with van der Waals surface area (Å²) in [6.07, 6.45) is 2.34. The van der Waals surface area contributed by atoms with Crippen molar-refractivity contribution >= 4 is 11.9 Å².